The Morgan fingerprint density at radius 2 is 1.97 bits per heavy atom. The van der Waals surface area contributed by atoms with Crippen LogP contribution in [0.4, 0.5) is 0 Å². The zero-order valence-corrected chi connectivity index (χ0v) is 22.2. The van der Waals surface area contributed by atoms with E-state index in [2.05, 4.69) is 39.5 Å². The van der Waals surface area contributed by atoms with Gasteiger partial charge in [0, 0.05) is 52.5 Å². The fourth-order valence-electron chi connectivity index (χ4n) is 3.48. The molecule has 0 aliphatic carbocycles. The summed E-state index contributed by atoms with van der Waals surface area (Å²) in [6.07, 6.45) is 1.86. The minimum atomic E-state index is -0.0176. The van der Waals surface area contributed by atoms with E-state index in [4.69, 9.17) is 4.74 Å². The van der Waals surface area contributed by atoms with Crippen molar-refractivity contribution in [2.75, 3.05) is 60.0 Å². The molecule has 1 unspecified atom stereocenters. The number of aryl methyl sites for hydroxylation is 2. The number of rotatable bonds is 9. The van der Waals surface area contributed by atoms with Crippen LogP contribution in [-0.4, -0.2) is 97.5 Å². The molecule has 1 fully saturated rings. The molecule has 0 radical (unpaired) electrons. The second kappa shape index (κ2) is 13.9. The van der Waals surface area contributed by atoms with Gasteiger partial charge in [-0.1, -0.05) is 0 Å². The molecule has 31 heavy (non-hydrogen) atoms. The van der Waals surface area contributed by atoms with E-state index in [9.17, 15) is 4.79 Å². The van der Waals surface area contributed by atoms with Crippen molar-refractivity contribution in [3.63, 3.8) is 0 Å². The van der Waals surface area contributed by atoms with Crippen molar-refractivity contribution >= 4 is 35.8 Å². The lowest BCUT2D eigenvalue weighted by Gasteiger charge is -2.26. The number of carbonyl (C=O) groups excluding carboxylic acids is 1. The highest BCUT2D eigenvalue weighted by Gasteiger charge is 2.15. The molecule has 1 aromatic rings. The van der Waals surface area contributed by atoms with Crippen molar-refractivity contribution in [2.45, 2.75) is 39.7 Å². The molecule has 1 saturated heterocycles. The Labute approximate surface area is 204 Å². The maximum atomic E-state index is 12.0. The Hall–Kier alpha value is -1.40. The highest BCUT2D eigenvalue weighted by atomic mass is 127. The first-order chi connectivity index (χ1) is 14.3. The van der Waals surface area contributed by atoms with E-state index in [1.54, 1.807) is 19.0 Å². The third-order valence-corrected chi connectivity index (χ3v) is 5.47. The number of guanidine groups is 1. The zero-order chi connectivity index (χ0) is 22.1. The number of nitrogens with one attached hydrogen (secondary N) is 2. The van der Waals surface area contributed by atoms with Gasteiger partial charge in [0.1, 0.15) is 6.54 Å². The number of likely N-dealkylation sites (N-methyl/N-ethyl adjacent to an activating group) is 1. The van der Waals surface area contributed by atoms with Gasteiger partial charge in [-0.05, 0) is 45.7 Å². The maximum Gasteiger partial charge on any atom is 0.243 e. The Morgan fingerprint density at radius 3 is 2.55 bits per heavy atom. The normalized spacial score (nSPS) is 15.9. The molecule has 0 aromatic carbocycles. The molecule has 2 N–H and O–H groups in total. The molecule has 2 heterocycles. The van der Waals surface area contributed by atoms with Gasteiger partial charge < -0.3 is 20.3 Å². The highest BCUT2D eigenvalue weighted by molar-refractivity contribution is 14.0. The second-order valence-corrected chi connectivity index (χ2v) is 8.21. The summed E-state index contributed by atoms with van der Waals surface area (Å²) in [6, 6.07) is 0.159. The number of morpholine rings is 1. The summed E-state index contributed by atoms with van der Waals surface area (Å²) in [5, 5.41) is 11.4. The van der Waals surface area contributed by atoms with Gasteiger partial charge in [-0.3, -0.25) is 14.4 Å². The molecular formula is C21H40IN7O2. The summed E-state index contributed by atoms with van der Waals surface area (Å²) in [4.78, 5) is 20.5. The van der Waals surface area contributed by atoms with Crippen molar-refractivity contribution in [3.05, 3.63) is 17.0 Å². The molecule has 2 rings (SSSR count). The van der Waals surface area contributed by atoms with Crippen molar-refractivity contribution in [2.24, 2.45) is 12.0 Å². The first-order valence-electron chi connectivity index (χ1n) is 10.8. The molecular weight excluding hydrogens is 509 g/mol. The zero-order valence-electron chi connectivity index (χ0n) is 19.9. The van der Waals surface area contributed by atoms with Crippen LogP contribution in [0, 0.1) is 13.8 Å². The van der Waals surface area contributed by atoms with Crippen LogP contribution in [0.5, 0.6) is 0 Å². The average molecular weight is 550 g/mol. The smallest absolute Gasteiger partial charge is 0.243 e. The van der Waals surface area contributed by atoms with Crippen molar-refractivity contribution in [1.82, 2.24) is 30.2 Å². The largest absolute Gasteiger partial charge is 0.379 e. The van der Waals surface area contributed by atoms with Crippen LogP contribution in [0.2, 0.25) is 0 Å². The lowest BCUT2D eigenvalue weighted by Crippen LogP contribution is -2.45. The number of aromatic nitrogens is 2. The first-order valence-corrected chi connectivity index (χ1v) is 10.8. The number of halogens is 1. The summed E-state index contributed by atoms with van der Waals surface area (Å²) in [5.41, 5.74) is 3.50. The predicted octanol–water partition coefficient (Wildman–Crippen LogP) is 0.932. The van der Waals surface area contributed by atoms with E-state index in [-0.39, 0.29) is 42.5 Å². The predicted molar refractivity (Wildman–Crippen MR) is 135 cm³/mol. The number of carbonyl (C=O) groups is 1. The van der Waals surface area contributed by atoms with Gasteiger partial charge in [0.05, 0.1) is 18.9 Å². The lowest BCUT2D eigenvalue weighted by molar-refractivity contribution is -0.127. The Balaban J connectivity index is 0.00000480. The number of aliphatic imine (C=N–C) groups is 1. The Morgan fingerprint density at radius 1 is 1.29 bits per heavy atom. The minimum absolute atomic E-state index is 0. The van der Waals surface area contributed by atoms with E-state index in [0.29, 0.717) is 5.96 Å². The van der Waals surface area contributed by atoms with Crippen molar-refractivity contribution in [1.29, 1.82) is 0 Å². The van der Waals surface area contributed by atoms with Crippen LogP contribution in [0.3, 0.4) is 0 Å². The summed E-state index contributed by atoms with van der Waals surface area (Å²) in [7, 11) is 5.47. The maximum absolute atomic E-state index is 12.0. The number of nitrogens with zero attached hydrogens (tertiary/aromatic N) is 5. The fourth-order valence-corrected chi connectivity index (χ4v) is 3.48. The highest BCUT2D eigenvalue weighted by Crippen LogP contribution is 2.14. The monoisotopic (exact) mass is 549 g/mol. The topological polar surface area (TPSA) is 87.0 Å². The Kier molecular flexibility index (Phi) is 12.4. The van der Waals surface area contributed by atoms with E-state index in [1.807, 2.05) is 18.7 Å². The molecule has 1 atom stereocenters. The molecule has 1 aliphatic rings. The molecule has 0 saturated carbocycles. The van der Waals surface area contributed by atoms with Crippen LogP contribution < -0.4 is 10.6 Å². The van der Waals surface area contributed by atoms with Crippen LogP contribution in [0.1, 0.15) is 30.3 Å². The molecule has 1 aromatic heterocycles. The second-order valence-electron chi connectivity index (χ2n) is 8.21. The van der Waals surface area contributed by atoms with E-state index < -0.39 is 0 Å². The van der Waals surface area contributed by atoms with Gasteiger partial charge >= 0.3 is 0 Å². The van der Waals surface area contributed by atoms with E-state index in [1.165, 1.54) is 11.3 Å². The van der Waals surface area contributed by atoms with Gasteiger partial charge in [-0.15, -0.1) is 24.0 Å². The number of ether oxygens (including phenoxy) is 1. The van der Waals surface area contributed by atoms with Crippen LogP contribution in [-0.2, 0) is 23.0 Å². The molecule has 0 bridgehead atoms. The summed E-state index contributed by atoms with van der Waals surface area (Å²) < 4.78 is 7.32. The van der Waals surface area contributed by atoms with Gasteiger partial charge in [-0.25, -0.2) is 4.99 Å². The summed E-state index contributed by atoms with van der Waals surface area (Å²) >= 11 is 0. The standard InChI is InChI=1S/C21H39N7O2.HI/c1-16(14-19-17(2)25-27(6)18(19)3)24-21(23-15-20(29)26(4)5)22-8-7-9-28-10-12-30-13-11-28;/h16H,7-15H2,1-6H3,(H2,22,23,24);1H. The number of hydrogen-bond donors (Lipinski definition) is 2. The van der Waals surface area contributed by atoms with Crippen molar-refractivity contribution in [3.8, 4) is 0 Å². The molecule has 178 valence electrons. The third-order valence-electron chi connectivity index (χ3n) is 5.47. The van der Waals surface area contributed by atoms with Crippen LogP contribution in [0.25, 0.3) is 0 Å². The van der Waals surface area contributed by atoms with E-state index >= 15 is 0 Å². The number of hydrogen-bond acceptors (Lipinski definition) is 5. The van der Waals surface area contributed by atoms with Gasteiger partial charge in [-0.2, -0.15) is 5.10 Å². The average Bonchev–Trinajstić information content (AvgIpc) is 2.95. The molecule has 9 nitrogen and oxygen atoms in total. The van der Waals surface area contributed by atoms with Gasteiger partial charge in [0.2, 0.25) is 5.91 Å². The van der Waals surface area contributed by atoms with E-state index in [0.717, 1.165) is 57.9 Å². The molecule has 1 aliphatic heterocycles. The SMILES string of the molecule is Cc1nn(C)c(C)c1CC(C)NC(=NCC(=O)N(C)C)NCCCN1CCOCC1.I. The fraction of sp³-hybridized carbons (Fsp3) is 0.762. The quantitative estimate of drug-likeness (QED) is 0.206. The van der Waals surface area contributed by atoms with Gasteiger partial charge in [0.25, 0.3) is 0 Å². The van der Waals surface area contributed by atoms with Crippen LogP contribution in [0.15, 0.2) is 4.99 Å². The molecule has 10 heteroatoms. The summed E-state index contributed by atoms with van der Waals surface area (Å²) in [5.74, 6) is 0.662. The summed E-state index contributed by atoms with van der Waals surface area (Å²) in [6.45, 7) is 11.9. The number of amides is 1. The Bertz CT molecular complexity index is 715. The van der Waals surface area contributed by atoms with Gasteiger partial charge in [0.15, 0.2) is 5.96 Å². The van der Waals surface area contributed by atoms with Crippen LogP contribution >= 0.6 is 24.0 Å². The first kappa shape index (κ1) is 27.6. The molecule has 1 amide bonds. The van der Waals surface area contributed by atoms with Crippen molar-refractivity contribution < 1.29 is 9.53 Å². The third kappa shape index (κ3) is 9.32. The minimum Gasteiger partial charge on any atom is -0.379 e. The lowest BCUT2D eigenvalue weighted by atomic mass is 10.1. The molecule has 0 spiro atoms.